The molecule has 1 amide bonds. The second-order valence-electron chi connectivity index (χ2n) is 6.57. The maximum absolute atomic E-state index is 12.9. The largest absolute Gasteiger partial charge is 0.459 e. The van der Waals surface area contributed by atoms with Crippen molar-refractivity contribution in [1.29, 1.82) is 0 Å². The molecule has 1 N–H and O–H groups in total. The number of fused-ring (bicyclic) bond motifs is 1. The summed E-state index contributed by atoms with van der Waals surface area (Å²) in [5.74, 6) is -0.944. The van der Waals surface area contributed by atoms with Gasteiger partial charge in [-0.25, -0.2) is 9.78 Å². The summed E-state index contributed by atoms with van der Waals surface area (Å²) < 4.78 is 6.40. The van der Waals surface area contributed by atoms with Crippen LogP contribution in [0.1, 0.15) is 29.1 Å². The van der Waals surface area contributed by atoms with Crippen LogP contribution in [0.25, 0.3) is 10.2 Å². The lowest BCUT2D eigenvalue weighted by Gasteiger charge is -2.08. The second-order valence-corrected chi connectivity index (χ2v) is 8.45. The Morgan fingerprint density at radius 3 is 2.52 bits per heavy atom. The number of carbonyl (C=O) groups is 2. The summed E-state index contributed by atoms with van der Waals surface area (Å²) in [5.41, 5.74) is 0.496. The maximum Gasteiger partial charge on any atom is 0.348 e. The molecule has 0 fully saturated rings. The number of aryl methyl sites for hydroxylation is 1. The lowest BCUT2D eigenvalue weighted by atomic mass is 10.2. The zero-order valence-corrected chi connectivity index (χ0v) is 18.1. The number of hydrogen-bond acceptors (Lipinski definition) is 6. The third-order valence-electron chi connectivity index (χ3n) is 3.91. The molecule has 1 aromatic carbocycles. The third-order valence-corrected chi connectivity index (χ3v) is 5.52. The predicted octanol–water partition coefficient (Wildman–Crippen LogP) is 4.28. The SMILES string of the molecule is Cc1c(C(=O)OC(C)C)sc2ncn(CC(=O)Nc3cc(Cl)cc(Cl)c3)c(=O)c12. The average Bonchev–Trinajstić information content (AvgIpc) is 2.93. The highest BCUT2D eigenvalue weighted by atomic mass is 35.5. The van der Waals surface area contributed by atoms with Crippen LogP contribution in [-0.2, 0) is 16.1 Å². The van der Waals surface area contributed by atoms with Gasteiger partial charge >= 0.3 is 5.97 Å². The van der Waals surface area contributed by atoms with Gasteiger partial charge in [-0.2, -0.15) is 0 Å². The molecule has 0 radical (unpaired) electrons. The molecule has 0 aliphatic heterocycles. The summed E-state index contributed by atoms with van der Waals surface area (Å²) in [5, 5.41) is 3.69. The fourth-order valence-corrected chi connectivity index (χ4v) is 4.26. The first-order chi connectivity index (χ1) is 13.7. The second kappa shape index (κ2) is 8.52. The number of ether oxygens (including phenoxy) is 1. The Hall–Kier alpha value is -2.42. The molecule has 0 aliphatic carbocycles. The summed E-state index contributed by atoms with van der Waals surface area (Å²) in [4.78, 5) is 42.4. The minimum Gasteiger partial charge on any atom is -0.459 e. The lowest BCUT2D eigenvalue weighted by Crippen LogP contribution is -2.28. The normalized spacial score (nSPS) is 11.1. The Labute approximate surface area is 180 Å². The smallest absolute Gasteiger partial charge is 0.348 e. The first kappa shape index (κ1) is 21.3. The number of thiophene rings is 1. The van der Waals surface area contributed by atoms with Crippen molar-refractivity contribution in [3.05, 3.63) is 55.4 Å². The van der Waals surface area contributed by atoms with Crippen molar-refractivity contribution in [3.63, 3.8) is 0 Å². The van der Waals surface area contributed by atoms with E-state index >= 15 is 0 Å². The molecule has 0 bridgehead atoms. The van der Waals surface area contributed by atoms with Gasteiger partial charge in [-0.15, -0.1) is 11.3 Å². The number of anilines is 1. The van der Waals surface area contributed by atoms with Crippen molar-refractivity contribution >= 4 is 62.3 Å². The summed E-state index contributed by atoms with van der Waals surface area (Å²) in [6.07, 6.45) is 1.00. The van der Waals surface area contributed by atoms with E-state index in [1.165, 1.54) is 10.9 Å². The molecule has 10 heteroatoms. The first-order valence-electron chi connectivity index (χ1n) is 8.61. The molecule has 0 spiro atoms. The predicted molar refractivity (Wildman–Crippen MR) is 114 cm³/mol. The van der Waals surface area contributed by atoms with Crippen LogP contribution in [0.4, 0.5) is 5.69 Å². The molecule has 0 saturated heterocycles. The van der Waals surface area contributed by atoms with E-state index in [0.29, 0.717) is 36.4 Å². The van der Waals surface area contributed by atoms with Crippen LogP contribution >= 0.6 is 34.5 Å². The van der Waals surface area contributed by atoms with E-state index in [4.69, 9.17) is 27.9 Å². The number of hydrogen-bond donors (Lipinski definition) is 1. The van der Waals surface area contributed by atoms with E-state index in [9.17, 15) is 14.4 Å². The molecule has 0 atom stereocenters. The average molecular weight is 454 g/mol. The standard InChI is InChI=1S/C19H17Cl2N3O4S/c1-9(2)28-19(27)16-10(3)15-17(29-16)22-8-24(18(15)26)7-14(25)23-13-5-11(20)4-12(21)6-13/h4-6,8-9H,7H2,1-3H3,(H,23,25). The summed E-state index contributed by atoms with van der Waals surface area (Å²) >= 11 is 12.9. The van der Waals surface area contributed by atoms with Gasteiger partial charge in [0, 0.05) is 15.7 Å². The third kappa shape index (κ3) is 4.77. The summed E-state index contributed by atoms with van der Waals surface area (Å²) in [7, 11) is 0. The molecule has 3 rings (SSSR count). The Morgan fingerprint density at radius 2 is 1.90 bits per heavy atom. The summed E-state index contributed by atoms with van der Waals surface area (Å²) in [6, 6.07) is 4.64. The van der Waals surface area contributed by atoms with E-state index in [1.807, 2.05) is 0 Å². The highest BCUT2D eigenvalue weighted by Crippen LogP contribution is 2.28. The van der Waals surface area contributed by atoms with E-state index < -0.39 is 17.4 Å². The number of esters is 1. The maximum atomic E-state index is 12.9. The van der Waals surface area contributed by atoms with E-state index in [1.54, 1.807) is 39.0 Å². The van der Waals surface area contributed by atoms with Crippen LogP contribution in [0.3, 0.4) is 0 Å². The van der Waals surface area contributed by atoms with Crippen molar-refractivity contribution in [2.45, 2.75) is 33.4 Å². The fourth-order valence-electron chi connectivity index (χ4n) is 2.72. The number of nitrogens with one attached hydrogen (secondary N) is 1. The number of benzene rings is 1. The van der Waals surface area contributed by atoms with Gasteiger partial charge in [-0.1, -0.05) is 23.2 Å². The van der Waals surface area contributed by atoms with Crippen LogP contribution in [-0.4, -0.2) is 27.5 Å². The number of nitrogens with zero attached hydrogens (tertiary/aromatic N) is 2. The zero-order chi connectivity index (χ0) is 21.3. The number of halogens is 2. The Kier molecular flexibility index (Phi) is 6.26. The molecule has 152 valence electrons. The molecule has 0 aliphatic rings. The monoisotopic (exact) mass is 453 g/mol. The minimum atomic E-state index is -0.498. The van der Waals surface area contributed by atoms with Crippen LogP contribution in [0.2, 0.25) is 10.0 Å². The summed E-state index contributed by atoms with van der Waals surface area (Å²) in [6.45, 7) is 4.90. The number of aromatic nitrogens is 2. The van der Waals surface area contributed by atoms with Crippen LogP contribution < -0.4 is 10.9 Å². The van der Waals surface area contributed by atoms with E-state index in [2.05, 4.69) is 10.3 Å². The quantitative estimate of drug-likeness (QED) is 0.582. The van der Waals surface area contributed by atoms with Crippen molar-refractivity contribution in [3.8, 4) is 0 Å². The molecule has 2 heterocycles. The highest BCUT2D eigenvalue weighted by Gasteiger charge is 2.21. The molecule has 29 heavy (non-hydrogen) atoms. The fraction of sp³-hybridized carbons (Fsp3) is 0.263. The van der Waals surface area contributed by atoms with Gasteiger partial charge in [0.15, 0.2) is 0 Å². The number of amides is 1. The minimum absolute atomic E-state index is 0.257. The van der Waals surface area contributed by atoms with Crippen molar-refractivity contribution in [2.24, 2.45) is 0 Å². The number of carbonyl (C=O) groups excluding carboxylic acids is 2. The lowest BCUT2D eigenvalue weighted by molar-refractivity contribution is -0.116. The first-order valence-corrected chi connectivity index (χ1v) is 10.2. The van der Waals surface area contributed by atoms with Gasteiger partial charge in [0.1, 0.15) is 16.3 Å². The van der Waals surface area contributed by atoms with Gasteiger partial charge in [-0.3, -0.25) is 14.2 Å². The number of rotatable bonds is 5. The highest BCUT2D eigenvalue weighted by molar-refractivity contribution is 7.20. The van der Waals surface area contributed by atoms with Gasteiger partial charge in [0.25, 0.3) is 5.56 Å². The van der Waals surface area contributed by atoms with Crippen molar-refractivity contribution in [1.82, 2.24) is 9.55 Å². The van der Waals surface area contributed by atoms with Crippen LogP contribution in [0.5, 0.6) is 0 Å². The van der Waals surface area contributed by atoms with Gasteiger partial charge in [0.2, 0.25) is 5.91 Å². The molecule has 0 saturated carbocycles. The van der Waals surface area contributed by atoms with Crippen LogP contribution in [0, 0.1) is 6.92 Å². The molecular weight excluding hydrogens is 437 g/mol. The van der Waals surface area contributed by atoms with Gasteiger partial charge < -0.3 is 10.1 Å². The Balaban J connectivity index is 1.87. The van der Waals surface area contributed by atoms with Crippen molar-refractivity contribution in [2.75, 3.05) is 5.32 Å². The zero-order valence-electron chi connectivity index (χ0n) is 15.8. The Bertz CT molecular complexity index is 1150. The van der Waals surface area contributed by atoms with E-state index in [0.717, 1.165) is 11.3 Å². The molecular formula is C19H17Cl2N3O4S. The van der Waals surface area contributed by atoms with Crippen LogP contribution in [0.15, 0.2) is 29.3 Å². The van der Waals surface area contributed by atoms with Crippen molar-refractivity contribution < 1.29 is 14.3 Å². The molecule has 3 aromatic rings. The topological polar surface area (TPSA) is 90.3 Å². The molecule has 0 unspecified atom stereocenters. The molecule has 7 nitrogen and oxygen atoms in total. The van der Waals surface area contributed by atoms with E-state index in [-0.39, 0.29) is 12.6 Å². The van der Waals surface area contributed by atoms with Gasteiger partial charge in [-0.05, 0) is 44.5 Å². The molecule has 2 aromatic heterocycles. The van der Waals surface area contributed by atoms with Gasteiger partial charge in [0.05, 0.1) is 17.8 Å². The Morgan fingerprint density at radius 1 is 1.24 bits per heavy atom.